The molecular formula is C19H21NO2. The van der Waals surface area contributed by atoms with Crippen LogP contribution in [-0.2, 0) is 22.6 Å². The summed E-state index contributed by atoms with van der Waals surface area (Å²) in [6.07, 6.45) is 1.53. The fourth-order valence-electron chi connectivity index (χ4n) is 2.23. The highest BCUT2D eigenvalue weighted by Crippen LogP contribution is 2.15. The summed E-state index contributed by atoms with van der Waals surface area (Å²) in [5.41, 5.74) is 3.30. The monoisotopic (exact) mass is 295 g/mol. The number of hydrogen-bond acceptors (Lipinski definition) is 3. The van der Waals surface area contributed by atoms with Crippen molar-refractivity contribution in [2.45, 2.75) is 20.0 Å². The van der Waals surface area contributed by atoms with Gasteiger partial charge in [0.1, 0.15) is 0 Å². The van der Waals surface area contributed by atoms with Crippen LogP contribution in [0.15, 0.2) is 72.4 Å². The van der Waals surface area contributed by atoms with Gasteiger partial charge in [-0.05, 0) is 18.1 Å². The van der Waals surface area contributed by atoms with Gasteiger partial charge in [-0.1, -0.05) is 60.7 Å². The normalized spacial score (nSPS) is 11.1. The number of ether oxygens (including phenoxy) is 1. The predicted molar refractivity (Wildman–Crippen MR) is 87.9 cm³/mol. The van der Waals surface area contributed by atoms with E-state index in [4.69, 9.17) is 4.74 Å². The molecule has 2 aromatic carbocycles. The first-order chi connectivity index (χ1) is 10.7. The van der Waals surface area contributed by atoms with E-state index in [1.165, 1.54) is 24.3 Å². The van der Waals surface area contributed by atoms with Crippen LogP contribution >= 0.6 is 0 Å². The van der Waals surface area contributed by atoms with E-state index in [1.54, 1.807) is 0 Å². The van der Waals surface area contributed by atoms with Crippen LogP contribution in [0.25, 0.3) is 0 Å². The summed E-state index contributed by atoms with van der Waals surface area (Å²) in [5.74, 6) is -0.330. The summed E-state index contributed by atoms with van der Waals surface area (Å²) in [5, 5.41) is 0. The Labute approximate surface area is 131 Å². The topological polar surface area (TPSA) is 29.5 Å². The van der Waals surface area contributed by atoms with Gasteiger partial charge in [-0.15, -0.1) is 0 Å². The van der Waals surface area contributed by atoms with Crippen LogP contribution < -0.4 is 0 Å². The number of allylic oxidation sites excluding steroid dienone is 1. The van der Waals surface area contributed by atoms with E-state index in [1.807, 2.05) is 43.3 Å². The first kappa shape index (κ1) is 15.8. The largest absolute Gasteiger partial charge is 0.466 e. The van der Waals surface area contributed by atoms with Crippen LogP contribution in [0.5, 0.6) is 0 Å². The number of rotatable bonds is 6. The quantitative estimate of drug-likeness (QED) is 0.600. The fraction of sp³-hybridized carbons (Fsp3) is 0.211. The van der Waals surface area contributed by atoms with Crippen LogP contribution in [-0.4, -0.2) is 18.0 Å². The summed E-state index contributed by atoms with van der Waals surface area (Å²) < 4.78 is 4.73. The Kier molecular flexibility index (Phi) is 5.78. The average Bonchev–Trinajstić information content (AvgIpc) is 2.56. The smallest absolute Gasteiger partial charge is 0.332 e. The molecule has 0 unspecified atom stereocenters. The van der Waals surface area contributed by atoms with E-state index in [0.29, 0.717) is 0 Å². The number of nitrogens with zero attached hydrogens (tertiary/aromatic N) is 1. The highest BCUT2D eigenvalue weighted by atomic mass is 16.5. The number of benzene rings is 2. The minimum Gasteiger partial charge on any atom is -0.466 e. The van der Waals surface area contributed by atoms with E-state index in [9.17, 15) is 4.79 Å². The predicted octanol–water partition coefficient (Wildman–Crippen LogP) is 3.77. The van der Waals surface area contributed by atoms with Crippen molar-refractivity contribution in [3.05, 3.63) is 83.6 Å². The van der Waals surface area contributed by atoms with Gasteiger partial charge < -0.3 is 9.64 Å². The molecule has 0 aliphatic heterocycles. The molecule has 0 N–H and O–H groups in total. The summed E-state index contributed by atoms with van der Waals surface area (Å²) in [6, 6.07) is 20.4. The number of carbonyl (C=O) groups excluding carboxylic acids is 1. The lowest BCUT2D eigenvalue weighted by atomic mass is 10.1. The summed E-state index contributed by atoms with van der Waals surface area (Å²) >= 11 is 0. The van der Waals surface area contributed by atoms with Crippen molar-refractivity contribution in [1.29, 1.82) is 0 Å². The van der Waals surface area contributed by atoms with Gasteiger partial charge in [0, 0.05) is 24.9 Å². The minimum atomic E-state index is -0.330. The molecule has 2 aromatic rings. The maximum Gasteiger partial charge on any atom is 0.332 e. The molecule has 0 aliphatic carbocycles. The Hall–Kier alpha value is -2.55. The summed E-state index contributed by atoms with van der Waals surface area (Å²) in [7, 11) is 1.39. The molecule has 3 nitrogen and oxygen atoms in total. The van der Waals surface area contributed by atoms with Crippen LogP contribution in [0.4, 0.5) is 0 Å². The molecule has 0 heterocycles. The maximum absolute atomic E-state index is 11.5. The molecule has 2 rings (SSSR count). The van der Waals surface area contributed by atoms with Gasteiger partial charge in [-0.25, -0.2) is 4.79 Å². The second kappa shape index (κ2) is 8.03. The van der Waals surface area contributed by atoms with Gasteiger partial charge in [0.2, 0.25) is 0 Å². The van der Waals surface area contributed by atoms with E-state index >= 15 is 0 Å². The van der Waals surface area contributed by atoms with Gasteiger partial charge in [0.25, 0.3) is 0 Å². The van der Waals surface area contributed by atoms with Gasteiger partial charge in [-0.3, -0.25) is 0 Å². The lowest BCUT2D eigenvalue weighted by molar-refractivity contribution is -0.135. The Bertz CT molecular complexity index is 579. The van der Waals surface area contributed by atoms with Crippen LogP contribution in [0.2, 0.25) is 0 Å². The van der Waals surface area contributed by atoms with Crippen molar-refractivity contribution in [3.8, 4) is 0 Å². The standard InChI is InChI=1S/C19H21NO2/c1-16(13-19(21)22-2)20(14-17-9-5-3-6-10-17)15-18-11-7-4-8-12-18/h3-13H,14-15H2,1-2H3/b16-13-. The molecule has 22 heavy (non-hydrogen) atoms. The lowest BCUT2D eigenvalue weighted by Crippen LogP contribution is -2.21. The number of carbonyl (C=O) groups is 1. The Morgan fingerprint density at radius 2 is 1.41 bits per heavy atom. The number of methoxy groups -OCH3 is 1. The number of esters is 1. The molecular weight excluding hydrogens is 274 g/mol. The Morgan fingerprint density at radius 3 is 1.82 bits per heavy atom. The van der Waals surface area contributed by atoms with Crippen LogP contribution in [0, 0.1) is 0 Å². The van der Waals surface area contributed by atoms with Gasteiger partial charge >= 0.3 is 5.97 Å². The molecule has 3 heteroatoms. The first-order valence-corrected chi connectivity index (χ1v) is 7.28. The molecule has 0 saturated carbocycles. The van der Waals surface area contributed by atoms with Crippen molar-refractivity contribution < 1.29 is 9.53 Å². The first-order valence-electron chi connectivity index (χ1n) is 7.28. The third kappa shape index (κ3) is 4.77. The van der Waals surface area contributed by atoms with Gasteiger partial charge in [-0.2, -0.15) is 0 Å². The SMILES string of the molecule is COC(=O)/C=C(/C)N(Cc1ccccc1)Cc1ccccc1. The summed E-state index contributed by atoms with van der Waals surface area (Å²) in [4.78, 5) is 13.7. The number of hydrogen-bond donors (Lipinski definition) is 0. The molecule has 114 valence electrons. The highest BCUT2D eigenvalue weighted by Gasteiger charge is 2.09. The Morgan fingerprint density at radius 1 is 0.955 bits per heavy atom. The van der Waals surface area contributed by atoms with Crippen molar-refractivity contribution in [1.82, 2.24) is 4.90 Å². The molecule has 0 radical (unpaired) electrons. The van der Waals surface area contributed by atoms with Crippen molar-refractivity contribution in [2.75, 3.05) is 7.11 Å². The molecule has 0 aromatic heterocycles. The molecule has 0 aliphatic rings. The molecule has 0 atom stereocenters. The molecule has 0 saturated heterocycles. The third-order valence-corrected chi connectivity index (χ3v) is 3.46. The zero-order valence-corrected chi connectivity index (χ0v) is 13.0. The van der Waals surface area contributed by atoms with Gasteiger partial charge in [0.05, 0.1) is 7.11 Å². The van der Waals surface area contributed by atoms with Crippen molar-refractivity contribution in [3.63, 3.8) is 0 Å². The average molecular weight is 295 g/mol. The second-order valence-electron chi connectivity index (χ2n) is 5.14. The minimum absolute atomic E-state index is 0.330. The fourth-order valence-corrected chi connectivity index (χ4v) is 2.23. The van der Waals surface area contributed by atoms with E-state index < -0.39 is 0 Å². The van der Waals surface area contributed by atoms with Crippen molar-refractivity contribution >= 4 is 5.97 Å². The van der Waals surface area contributed by atoms with Gasteiger partial charge in [0.15, 0.2) is 0 Å². The maximum atomic E-state index is 11.5. The zero-order chi connectivity index (χ0) is 15.8. The van der Waals surface area contributed by atoms with Crippen LogP contribution in [0.1, 0.15) is 18.1 Å². The Balaban J connectivity index is 2.20. The second-order valence-corrected chi connectivity index (χ2v) is 5.14. The molecule has 0 fully saturated rings. The zero-order valence-electron chi connectivity index (χ0n) is 13.0. The summed E-state index contributed by atoms with van der Waals surface area (Å²) in [6.45, 7) is 3.42. The van der Waals surface area contributed by atoms with E-state index in [0.717, 1.165) is 18.8 Å². The third-order valence-electron chi connectivity index (χ3n) is 3.46. The highest BCUT2D eigenvalue weighted by molar-refractivity contribution is 5.82. The van der Waals surface area contributed by atoms with E-state index in [2.05, 4.69) is 29.2 Å². The molecule has 0 spiro atoms. The molecule has 0 bridgehead atoms. The van der Waals surface area contributed by atoms with Crippen molar-refractivity contribution in [2.24, 2.45) is 0 Å². The van der Waals surface area contributed by atoms with E-state index in [-0.39, 0.29) is 5.97 Å². The van der Waals surface area contributed by atoms with Crippen LogP contribution in [0.3, 0.4) is 0 Å². The lowest BCUT2D eigenvalue weighted by Gasteiger charge is -2.25. The molecule has 0 amide bonds.